The minimum Gasteiger partial charge on any atom is -0.389 e. The van der Waals surface area contributed by atoms with Gasteiger partial charge in [0.05, 0.1) is 32.0 Å². The van der Waals surface area contributed by atoms with Crippen LogP contribution in [0.3, 0.4) is 0 Å². The third kappa shape index (κ3) is 6.58. The van der Waals surface area contributed by atoms with E-state index in [1.165, 1.54) is 0 Å². The third-order valence-electron chi connectivity index (χ3n) is 2.58. The summed E-state index contributed by atoms with van der Waals surface area (Å²) in [5, 5.41) is 14.9. The molecule has 0 aromatic rings. The van der Waals surface area contributed by atoms with Crippen LogP contribution in [0.1, 0.15) is 12.8 Å². The average molecular weight is 246 g/mol. The summed E-state index contributed by atoms with van der Waals surface area (Å²) in [6, 6.07) is 0. The lowest BCUT2D eigenvalue weighted by molar-refractivity contribution is -0.119. The molecule has 0 bridgehead atoms. The molecule has 2 atom stereocenters. The molecule has 0 spiro atoms. The first-order valence-corrected chi connectivity index (χ1v) is 6.01. The highest BCUT2D eigenvalue weighted by atomic mass is 16.5. The maximum Gasteiger partial charge on any atom is 0.233 e. The van der Waals surface area contributed by atoms with E-state index < -0.39 is 6.10 Å². The molecule has 1 aliphatic rings. The molecule has 1 heterocycles. The zero-order valence-corrected chi connectivity index (χ0v) is 10.3. The predicted octanol–water partition coefficient (Wildman–Crippen LogP) is -1.12. The molecule has 0 saturated carbocycles. The molecule has 1 fully saturated rings. The number of hydrogen-bond acceptors (Lipinski definition) is 5. The molecule has 3 N–H and O–H groups in total. The smallest absolute Gasteiger partial charge is 0.233 e. The largest absolute Gasteiger partial charge is 0.389 e. The molecule has 2 unspecified atom stereocenters. The second-order valence-electron chi connectivity index (χ2n) is 4.13. The molecule has 1 aliphatic heterocycles. The summed E-state index contributed by atoms with van der Waals surface area (Å²) in [5.74, 6) is -0.0996. The van der Waals surface area contributed by atoms with Gasteiger partial charge in [0.15, 0.2) is 0 Å². The van der Waals surface area contributed by atoms with Gasteiger partial charge in [0.2, 0.25) is 5.91 Å². The zero-order valence-electron chi connectivity index (χ0n) is 10.3. The number of nitrogens with one attached hydrogen (secondary N) is 2. The van der Waals surface area contributed by atoms with E-state index in [1.54, 1.807) is 7.05 Å². The van der Waals surface area contributed by atoms with Crippen molar-refractivity contribution >= 4 is 5.91 Å². The zero-order chi connectivity index (χ0) is 12.5. The SMILES string of the molecule is CNC(=O)CNCC(O)COCC1CCCO1. The summed E-state index contributed by atoms with van der Waals surface area (Å²) in [4.78, 5) is 10.9. The number of rotatable bonds is 8. The van der Waals surface area contributed by atoms with Crippen molar-refractivity contribution in [3.63, 3.8) is 0 Å². The number of aliphatic hydroxyl groups excluding tert-OH is 1. The summed E-state index contributed by atoms with van der Waals surface area (Å²) in [6.07, 6.45) is 1.71. The lowest BCUT2D eigenvalue weighted by Gasteiger charge is -2.14. The number of amides is 1. The third-order valence-corrected chi connectivity index (χ3v) is 2.58. The molecule has 6 nitrogen and oxygen atoms in total. The molecule has 0 aliphatic carbocycles. The fourth-order valence-corrected chi connectivity index (χ4v) is 1.61. The minimum absolute atomic E-state index is 0.0996. The Morgan fingerprint density at radius 3 is 3.12 bits per heavy atom. The van der Waals surface area contributed by atoms with Gasteiger partial charge in [-0.2, -0.15) is 0 Å². The van der Waals surface area contributed by atoms with Gasteiger partial charge in [-0.15, -0.1) is 0 Å². The fraction of sp³-hybridized carbons (Fsp3) is 0.909. The maximum absolute atomic E-state index is 10.9. The lowest BCUT2D eigenvalue weighted by atomic mass is 10.2. The Hall–Kier alpha value is -0.690. The van der Waals surface area contributed by atoms with Gasteiger partial charge in [-0.05, 0) is 12.8 Å². The van der Waals surface area contributed by atoms with Crippen LogP contribution in [-0.4, -0.2) is 63.2 Å². The van der Waals surface area contributed by atoms with Crippen LogP contribution in [0.5, 0.6) is 0 Å². The Morgan fingerprint density at radius 2 is 2.47 bits per heavy atom. The highest BCUT2D eigenvalue weighted by Gasteiger charge is 2.16. The van der Waals surface area contributed by atoms with Crippen molar-refractivity contribution in [1.29, 1.82) is 0 Å². The summed E-state index contributed by atoms with van der Waals surface area (Å²) in [5.41, 5.74) is 0. The van der Waals surface area contributed by atoms with Crippen LogP contribution in [0.2, 0.25) is 0 Å². The fourth-order valence-electron chi connectivity index (χ4n) is 1.61. The van der Waals surface area contributed by atoms with E-state index in [-0.39, 0.29) is 25.2 Å². The van der Waals surface area contributed by atoms with E-state index in [0.29, 0.717) is 13.2 Å². The number of ether oxygens (including phenoxy) is 2. The summed E-state index contributed by atoms with van der Waals surface area (Å²) >= 11 is 0. The number of carbonyl (C=O) groups excluding carboxylic acids is 1. The van der Waals surface area contributed by atoms with Gasteiger partial charge >= 0.3 is 0 Å². The van der Waals surface area contributed by atoms with Crippen molar-refractivity contribution in [1.82, 2.24) is 10.6 Å². The first kappa shape index (κ1) is 14.4. The monoisotopic (exact) mass is 246 g/mol. The molecular formula is C11H22N2O4. The number of likely N-dealkylation sites (N-methyl/N-ethyl adjacent to an activating group) is 1. The molecular weight excluding hydrogens is 224 g/mol. The van der Waals surface area contributed by atoms with E-state index in [1.807, 2.05) is 0 Å². The summed E-state index contributed by atoms with van der Waals surface area (Å²) in [6.45, 7) is 2.16. The quantitative estimate of drug-likeness (QED) is 0.505. The first-order valence-electron chi connectivity index (χ1n) is 6.01. The van der Waals surface area contributed by atoms with Crippen molar-refractivity contribution in [3.05, 3.63) is 0 Å². The van der Waals surface area contributed by atoms with Crippen LogP contribution in [-0.2, 0) is 14.3 Å². The van der Waals surface area contributed by atoms with Gasteiger partial charge in [0, 0.05) is 20.2 Å². The van der Waals surface area contributed by atoms with Crippen LogP contribution < -0.4 is 10.6 Å². The predicted molar refractivity (Wildman–Crippen MR) is 62.7 cm³/mol. The van der Waals surface area contributed by atoms with Gasteiger partial charge in [-0.1, -0.05) is 0 Å². The Morgan fingerprint density at radius 1 is 1.65 bits per heavy atom. The molecule has 1 rings (SSSR count). The van der Waals surface area contributed by atoms with Crippen molar-refractivity contribution in [2.24, 2.45) is 0 Å². The number of carbonyl (C=O) groups is 1. The molecule has 0 aromatic carbocycles. The van der Waals surface area contributed by atoms with Crippen LogP contribution >= 0.6 is 0 Å². The first-order chi connectivity index (χ1) is 8.22. The van der Waals surface area contributed by atoms with Gasteiger partial charge in [0.25, 0.3) is 0 Å². The van der Waals surface area contributed by atoms with Gasteiger partial charge in [0.1, 0.15) is 0 Å². The van der Waals surface area contributed by atoms with E-state index in [9.17, 15) is 9.90 Å². The Balaban J connectivity index is 1.93. The molecule has 0 aromatic heterocycles. The molecule has 1 amide bonds. The van der Waals surface area contributed by atoms with Crippen LogP contribution in [0.15, 0.2) is 0 Å². The van der Waals surface area contributed by atoms with Crippen molar-refractivity contribution in [2.75, 3.05) is 40.0 Å². The highest BCUT2D eigenvalue weighted by Crippen LogP contribution is 2.11. The Bertz CT molecular complexity index is 220. The molecule has 0 radical (unpaired) electrons. The van der Waals surface area contributed by atoms with Gasteiger partial charge in [-0.25, -0.2) is 0 Å². The molecule has 100 valence electrons. The van der Waals surface area contributed by atoms with Crippen molar-refractivity contribution < 1.29 is 19.4 Å². The van der Waals surface area contributed by atoms with Crippen LogP contribution in [0.25, 0.3) is 0 Å². The average Bonchev–Trinajstić information content (AvgIpc) is 2.82. The van der Waals surface area contributed by atoms with Gasteiger partial charge < -0.3 is 25.2 Å². The molecule has 1 saturated heterocycles. The topological polar surface area (TPSA) is 79.8 Å². The molecule has 17 heavy (non-hydrogen) atoms. The van der Waals surface area contributed by atoms with E-state index in [0.717, 1.165) is 19.4 Å². The van der Waals surface area contributed by atoms with Crippen molar-refractivity contribution in [3.8, 4) is 0 Å². The minimum atomic E-state index is -0.596. The number of aliphatic hydroxyl groups is 1. The summed E-state index contributed by atoms with van der Waals surface area (Å²) < 4.78 is 10.7. The standard InChI is InChI=1S/C11H22N2O4/c1-12-11(15)6-13-5-9(14)7-16-8-10-3-2-4-17-10/h9-10,13-14H,2-8H2,1H3,(H,12,15). The van der Waals surface area contributed by atoms with Crippen LogP contribution in [0, 0.1) is 0 Å². The molecule has 6 heteroatoms. The summed E-state index contributed by atoms with van der Waals surface area (Å²) in [7, 11) is 1.57. The Kier molecular flexibility index (Phi) is 7.11. The van der Waals surface area contributed by atoms with E-state index in [2.05, 4.69) is 10.6 Å². The lowest BCUT2D eigenvalue weighted by Crippen LogP contribution is -2.37. The second kappa shape index (κ2) is 8.41. The maximum atomic E-state index is 10.9. The highest BCUT2D eigenvalue weighted by molar-refractivity contribution is 5.77. The van der Waals surface area contributed by atoms with E-state index in [4.69, 9.17) is 9.47 Å². The van der Waals surface area contributed by atoms with Gasteiger partial charge in [-0.3, -0.25) is 4.79 Å². The number of hydrogen-bond donors (Lipinski definition) is 3. The normalized spacial score (nSPS) is 21.4. The Labute approximate surface area is 102 Å². The second-order valence-corrected chi connectivity index (χ2v) is 4.13. The van der Waals surface area contributed by atoms with E-state index >= 15 is 0 Å². The van der Waals surface area contributed by atoms with Crippen LogP contribution in [0.4, 0.5) is 0 Å². The van der Waals surface area contributed by atoms with Crippen molar-refractivity contribution in [2.45, 2.75) is 25.0 Å².